The van der Waals surface area contributed by atoms with Crippen LogP contribution < -0.4 is 16.4 Å². The molecule has 5 nitrogen and oxygen atoms in total. The van der Waals surface area contributed by atoms with E-state index in [1.54, 1.807) is 19.5 Å². The molecule has 0 spiro atoms. The number of benzene rings is 2. The average Bonchev–Trinajstić information content (AvgIpc) is 2.77. The highest BCUT2D eigenvalue weighted by Crippen LogP contribution is 2.33. The highest BCUT2D eigenvalue weighted by Gasteiger charge is 2.20. The predicted molar refractivity (Wildman–Crippen MR) is 109 cm³/mol. The van der Waals surface area contributed by atoms with Crippen LogP contribution in [-0.4, -0.2) is 19.2 Å². The van der Waals surface area contributed by atoms with Crippen molar-refractivity contribution in [2.24, 2.45) is 16.6 Å². The topological polar surface area (TPSA) is 79.5 Å². The maximum absolute atomic E-state index is 12.0. The van der Waals surface area contributed by atoms with Crippen molar-refractivity contribution in [2.75, 3.05) is 17.7 Å². The van der Waals surface area contributed by atoms with Gasteiger partial charge in [0.05, 0.1) is 0 Å². The molecule has 2 aromatic rings. The van der Waals surface area contributed by atoms with Gasteiger partial charge in [-0.05, 0) is 47.7 Å². The van der Waals surface area contributed by atoms with Gasteiger partial charge in [0.2, 0.25) is 5.91 Å². The molecule has 0 bridgehead atoms. The zero-order valence-corrected chi connectivity index (χ0v) is 15.1. The van der Waals surface area contributed by atoms with Crippen LogP contribution in [0.3, 0.4) is 0 Å². The van der Waals surface area contributed by atoms with E-state index in [1.165, 1.54) is 0 Å². The first-order valence-electron chi connectivity index (χ1n) is 8.74. The molecule has 0 fully saturated rings. The van der Waals surface area contributed by atoms with E-state index in [4.69, 9.17) is 5.73 Å². The standard InChI is InChI=1S/C21H24N4O/c1-14-9-18-19(7-4-8-20(18)25-21(26)10-14)24-17-6-3-5-15(11-17)16(12-22)13-23-2/h3-8,11-14,24H,9-10,22H2,1-2H3,(H,25,26)/t14-/m0/s1. The van der Waals surface area contributed by atoms with Crippen molar-refractivity contribution in [1.29, 1.82) is 0 Å². The Balaban J connectivity index is 1.93. The second kappa shape index (κ2) is 7.87. The van der Waals surface area contributed by atoms with Gasteiger partial charge >= 0.3 is 0 Å². The fourth-order valence-electron chi connectivity index (χ4n) is 3.26. The molecule has 3 rings (SSSR count). The van der Waals surface area contributed by atoms with Crippen molar-refractivity contribution in [3.05, 3.63) is 59.8 Å². The van der Waals surface area contributed by atoms with Gasteiger partial charge in [0.1, 0.15) is 0 Å². The van der Waals surface area contributed by atoms with Crippen LogP contribution >= 0.6 is 0 Å². The zero-order valence-electron chi connectivity index (χ0n) is 15.1. The van der Waals surface area contributed by atoms with Gasteiger partial charge in [0, 0.05) is 48.5 Å². The summed E-state index contributed by atoms with van der Waals surface area (Å²) >= 11 is 0. The number of hydrogen-bond donors (Lipinski definition) is 3. The highest BCUT2D eigenvalue weighted by molar-refractivity contribution is 6.09. The fraction of sp³-hybridized carbons (Fsp3) is 0.238. The number of anilines is 3. The molecule has 1 atom stereocenters. The number of amides is 1. The predicted octanol–water partition coefficient (Wildman–Crippen LogP) is 3.95. The second-order valence-electron chi connectivity index (χ2n) is 6.61. The number of aliphatic imine (C=N–C) groups is 1. The molecule has 134 valence electrons. The Morgan fingerprint density at radius 3 is 2.85 bits per heavy atom. The van der Waals surface area contributed by atoms with Gasteiger partial charge in [-0.15, -0.1) is 0 Å². The van der Waals surface area contributed by atoms with Crippen molar-refractivity contribution >= 4 is 34.8 Å². The zero-order chi connectivity index (χ0) is 18.5. The van der Waals surface area contributed by atoms with E-state index in [0.717, 1.165) is 40.2 Å². The van der Waals surface area contributed by atoms with E-state index in [-0.39, 0.29) is 5.91 Å². The Kier molecular flexibility index (Phi) is 5.37. The SMILES string of the molecule is CN=CC(=CN)c1cccc(Nc2cccc3c2C[C@H](C)CC(=O)N3)c1. The van der Waals surface area contributed by atoms with E-state index in [9.17, 15) is 4.79 Å². The van der Waals surface area contributed by atoms with Crippen LogP contribution in [0.4, 0.5) is 17.1 Å². The Morgan fingerprint density at radius 2 is 2.08 bits per heavy atom. The monoisotopic (exact) mass is 348 g/mol. The van der Waals surface area contributed by atoms with Crippen LogP contribution in [0.15, 0.2) is 53.7 Å². The summed E-state index contributed by atoms with van der Waals surface area (Å²) in [6.45, 7) is 2.11. The summed E-state index contributed by atoms with van der Waals surface area (Å²) in [5.74, 6) is 0.380. The van der Waals surface area contributed by atoms with E-state index < -0.39 is 0 Å². The molecule has 1 aliphatic rings. The van der Waals surface area contributed by atoms with E-state index in [1.807, 2.05) is 42.5 Å². The number of nitrogens with one attached hydrogen (secondary N) is 2. The average molecular weight is 348 g/mol. The fourth-order valence-corrected chi connectivity index (χ4v) is 3.26. The van der Waals surface area contributed by atoms with Gasteiger partial charge in [-0.3, -0.25) is 9.79 Å². The van der Waals surface area contributed by atoms with Crippen LogP contribution in [0.5, 0.6) is 0 Å². The van der Waals surface area contributed by atoms with Crippen LogP contribution in [0.1, 0.15) is 24.5 Å². The number of carbonyl (C=O) groups excluding carboxylic acids is 1. The third-order valence-electron chi connectivity index (χ3n) is 4.46. The number of fused-ring (bicyclic) bond motifs is 1. The first-order chi connectivity index (χ1) is 12.6. The largest absolute Gasteiger partial charge is 0.404 e. The molecule has 1 aliphatic heterocycles. The normalized spacial score (nSPS) is 17.5. The molecule has 0 saturated heterocycles. The van der Waals surface area contributed by atoms with Gasteiger partial charge in [-0.25, -0.2) is 0 Å². The maximum atomic E-state index is 12.0. The molecule has 0 saturated carbocycles. The molecule has 0 aliphatic carbocycles. The number of nitrogens with two attached hydrogens (primary N) is 1. The molecule has 0 unspecified atom stereocenters. The van der Waals surface area contributed by atoms with Crippen molar-refractivity contribution in [1.82, 2.24) is 0 Å². The third-order valence-corrected chi connectivity index (χ3v) is 4.46. The smallest absolute Gasteiger partial charge is 0.224 e. The first kappa shape index (κ1) is 17.7. The molecule has 0 aromatic heterocycles. The molecular weight excluding hydrogens is 324 g/mol. The molecule has 26 heavy (non-hydrogen) atoms. The number of nitrogens with zero attached hydrogens (tertiary/aromatic N) is 1. The Hall–Kier alpha value is -3.08. The Bertz CT molecular complexity index is 870. The maximum Gasteiger partial charge on any atom is 0.224 e. The lowest BCUT2D eigenvalue weighted by Gasteiger charge is -2.16. The van der Waals surface area contributed by atoms with Gasteiger partial charge in [-0.2, -0.15) is 0 Å². The summed E-state index contributed by atoms with van der Waals surface area (Å²) in [6.07, 6.45) is 4.70. The summed E-state index contributed by atoms with van der Waals surface area (Å²) in [6, 6.07) is 14.0. The van der Waals surface area contributed by atoms with Crippen molar-refractivity contribution in [3.8, 4) is 0 Å². The van der Waals surface area contributed by atoms with Crippen molar-refractivity contribution < 1.29 is 4.79 Å². The van der Waals surface area contributed by atoms with Crippen LogP contribution in [0.25, 0.3) is 5.57 Å². The highest BCUT2D eigenvalue weighted by atomic mass is 16.1. The minimum atomic E-state index is 0.0759. The van der Waals surface area contributed by atoms with E-state index in [2.05, 4.69) is 22.5 Å². The molecule has 1 amide bonds. The molecule has 0 radical (unpaired) electrons. The van der Waals surface area contributed by atoms with Gasteiger partial charge in [-0.1, -0.05) is 25.1 Å². The summed E-state index contributed by atoms with van der Waals surface area (Å²) in [5.41, 5.74) is 11.6. The lowest BCUT2D eigenvalue weighted by Crippen LogP contribution is -2.11. The summed E-state index contributed by atoms with van der Waals surface area (Å²) in [5, 5.41) is 6.51. The minimum absolute atomic E-state index is 0.0759. The number of hydrogen-bond acceptors (Lipinski definition) is 4. The first-order valence-corrected chi connectivity index (χ1v) is 8.74. The van der Waals surface area contributed by atoms with Crippen LogP contribution in [0, 0.1) is 5.92 Å². The number of rotatable bonds is 4. The lowest BCUT2D eigenvalue weighted by molar-refractivity contribution is -0.116. The number of allylic oxidation sites excluding steroid dienone is 1. The van der Waals surface area contributed by atoms with E-state index >= 15 is 0 Å². The van der Waals surface area contributed by atoms with Gasteiger partial charge < -0.3 is 16.4 Å². The third kappa shape index (κ3) is 3.94. The quantitative estimate of drug-likeness (QED) is 0.732. The summed E-state index contributed by atoms with van der Waals surface area (Å²) < 4.78 is 0. The summed E-state index contributed by atoms with van der Waals surface area (Å²) in [4.78, 5) is 16.0. The van der Waals surface area contributed by atoms with Crippen molar-refractivity contribution in [3.63, 3.8) is 0 Å². The lowest BCUT2D eigenvalue weighted by atomic mass is 9.97. The van der Waals surface area contributed by atoms with Gasteiger partial charge in [0.25, 0.3) is 0 Å². The second-order valence-corrected chi connectivity index (χ2v) is 6.61. The number of carbonyl (C=O) groups is 1. The molecule has 4 N–H and O–H groups in total. The van der Waals surface area contributed by atoms with Gasteiger partial charge in [0.15, 0.2) is 0 Å². The van der Waals surface area contributed by atoms with Crippen molar-refractivity contribution in [2.45, 2.75) is 19.8 Å². The molecule has 5 heteroatoms. The molecule has 2 aromatic carbocycles. The van der Waals surface area contributed by atoms with E-state index in [0.29, 0.717) is 12.3 Å². The summed E-state index contributed by atoms with van der Waals surface area (Å²) in [7, 11) is 1.72. The van der Waals surface area contributed by atoms with Crippen LogP contribution in [-0.2, 0) is 11.2 Å². The molecule has 1 heterocycles. The minimum Gasteiger partial charge on any atom is -0.404 e. The van der Waals surface area contributed by atoms with Crippen LogP contribution in [0.2, 0.25) is 0 Å². The molecular formula is C21H24N4O. The Morgan fingerprint density at radius 1 is 1.27 bits per heavy atom. The Labute approximate surface area is 154 Å².